The van der Waals surface area contributed by atoms with Gasteiger partial charge in [-0.15, -0.1) is 0 Å². The molecule has 1 saturated carbocycles. The van der Waals surface area contributed by atoms with E-state index in [-0.39, 0.29) is 5.97 Å². The van der Waals surface area contributed by atoms with Crippen LogP contribution in [0, 0.1) is 11.8 Å². The molecule has 0 radical (unpaired) electrons. The van der Waals surface area contributed by atoms with Gasteiger partial charge in [-0.3, -0.25) is 0 Å². The van der Waals surface area contributed by atoms with Crippen LogP contribution in [0.25, 0.3) is 0 Å². The number of hydrogen-bond acceptors (Lipinski definition) is 3. The lowest BCUT2D eigenvalue weighted by molar-refractivity contribution is 0.0498. The fourth-order valence-electron chi connectivity index (χ4n) is 4.52. The van der Waals surface area contributed by atoms with Crippen LogP contribution < -0.4 is 4.74 Å². The Bertz CT molecular complexity index is 552. The molecule has 0 bridgehead atoms. The van der Waals surface area contributed by atoms with Crippen LogP contribution in [0.1, 0.15) is 108 Å². The lowest BCUT2D eigenvalue weighted by Crippen LogP contribution is -2.20. The molecule has 2 unspecified atom stereocenters. The predicted molar refractivity (Wildman–Crippen MR) is 121 cm³/mol. The molecule has 3 heteroatoms. The summed E-state index contributed by atoms with van der Waals surface area (Å²) in [4.78, 5) is 12.0. The molecule has 1 aromatic rings. The molecule has 2 atom stereocenters. The second kappa shape index (κ2) is 14.5. The van der Waals surface area contributed by atoms with E-state index in [1.807, 2.05) is 24.3 Å². The molecule has 0 saturated heterocycles. The average molecular weight is 403 g/mol. The molecular formula is C26H42O3. The van der Waals surface area contributed by atoms with Crippen molar-refractivity contribution in [1.29, 1.82) is 0 Å². The average Bonchev–Trinajstić information content (AvgIpc) is 2.75. The van der Waals surface area contributed by atoms with Gasteiger partial charge in [-0.2, -0.15) is 0 Å². The van der Waals surface area contributed by atoms with Gasteiger partial charge in [0.1, 0.15) is 5.75 Å². The minimum Gasteiger partial charge on any atom is -0.494 e. The molecule has 1 aromatic carbocycles. The first-order valence-electron chi connectivity index (χ1n) is 12.1. The predicted octanol–water partition coefficient (Wildman–Crippen LogP) is 7.58. The van der Waals surface area contributed by atoms with Crippen LogP contribution in [0.3, 0.4) is 0 Å². The van der Waals surface area contributed by atoms with Gasteiger partial charge in [-0.1, -0.05) is 78.1 Å². The highest BCUT2D eigenvalue weighted by molar-refractivity contribution is 5.89. The molecule has 0 spiro atoms. The summed E-state index contributed by atoms with van der Waals surface area (Å²) in [6, 6.07) is 7.39. The summed E-state index contributed by atoms with van der Waals surface area (Å²) in [6.45, 7) is 5.70. The van der Waals surface area contributed by atoms with Gasteiger partial charge in [0.25, 0.3) is 0 Å². The van der Waals surface area contributed by atoms with Crippen LogP contribution in [-0.4, -0.2) is 19.2 Å². The molecule has 1 aliphatic carbocycles. The molecule has 1 aliphatic rings. The normalized spacial score (nSPS) is 19.1. The van der Waals surface area contributed by atoms with Crippen LogP contribution in [0.2, 0.25) is 0 Å². The number of benzene rings is 1. The van der Waals surface area contributed by atoms with Gasteiger partial charge >= 0.3 is 5.97 Å². The van der Waals surface area contributed by atoms with Gasteiger partial charge in [-0.05, 0) is 55.4 Å². The quantitative estimate of drug-likeness (QED) is 0.238. The Hall–Kier alpha value is -1.51. The molecule has 0 aliphatic heterocycles. The van der Waals surface area contributed by atoms with E-state index in [2.05, 4.69) is 13.8 Å². The van der Waals surface area contributed by atoms with E-state index < -0.39 is 0 Å². The summed E-state index contributed by atoms with van der Waals surface area (Å²) in [5.41, 5.74) is 0.603. The maximum Gasteiger partial charge on any atom is 0.338 e. The first kappa shape index (κ1) is 23.8. The fourth-order valence-corrected chi connectivity index (χ4v) is 4.52. The second-order valence-corrected chi connectivity index (χ2v) is 8.66. The van der Waals surface area contributed by atoms with Gasteiger partial charge < -0.3 is 9.47 Å². The van der Waals surface area contributed by atoms with E-state index in [9.17, 15) is 4.79 Å². The number of rotatable bonds is 14. The summed E-state index contributed by atoms with van der Waals surface area (Å²) in [6.07, 6.45) is 16.8. The SMILES string of the molecule is CCCCCOC(=O)c1ccc(OCCCC2CCCCC2CCCCC)cc1. The molecule has 0 amide bonds. The number of hydrogen-bond donors (Lipinski definition) is 0. The van der Waals surface area contributed by atoms with E-state index in [0.717, 1.165) is 49.9 Å². The maximum atomic E-state index is 12.0. The summed E-state index contributed by atoms with van der Waals surface area (Å²) >= 11 is 0. The van der Waals surface area contributed by atoms with Gasteiger partial charge in [0.15, 0.2) is 0 Å². The molecule has 2 rings (SSSR count). The maximum absolute atomic E-state index is 12.0. The van der Waals surface area contributed by atoms with Crippen molar-refractivity contribution < 1.29 is 14.3 Å². The molecule has 0 heterocycles. The number of unbranched alkanes of at least 4 members (excludes halogenated alkanes) is 4. The van der Waals surface area contributed by atoms with Gasteiger partial charge in [0.05, 0.1) is 18.8 Å². The van der Waals surface area contributed by atoms with Crippen molar-refractivity contribution in [3.63, 3.8) is 0 Å². The fraction of sp³-hybridized carbons (Fsp3) is 0.731. The largest absolute Gasteiger partial charge is 0.494 e. The standard InChI is InChI=1S/C26H42O3/c1-3-5-7-12-22-13-8-9-14-23(22)15-11-21-28-25-18-16-24(17-19-25)26(27)29-20-10-6-4-2/h16-19,22-23H,3-15,20-21H2,1-2H3. The highest BCUT2D eigenvalue weighted by atomic mass is 16.5. The van der Waals surface area contributed by atoms with E-state index in [1.54, 1.807) is 0 Å². The number of carbonyl (C=O) groups excluding carboxylic acids is 1. The molecule has 0 N–H and O–H groups in total. The third-order valence-corrected chi connectivity index (χ3v) is 6.30. The Kier molecular flexibility index (Phi) is 11.9. The van der Waals surface area contributed by atoms with Gasteiger partial charge in [-0.25, -0.2) is 4.79 Å². The lowest BCUT2D eigenvalue weighted by Gasteiger charge is -2.31. The second-order valence-electron chi connectivity index (χ2n) is 8.66. The van der Waals surface area contributed by atoms with Crippen LogP contribution in [0.4, 0.5) is 0 Å². The van der Waals surface area contributed by atoms with Crippen LogP contribution >= 0.6 is 0 Å². The van der Waals surface area contributed by atoms with Crippen LogP contribution in [0.5, 0.6) is 5.75 Å². The lowest BCUT2D eigenvalue weighted by atomic mass is 9.74. The monoisotopic (exact) mass is 402 g/mol. The van der Waals surface area contributed by atoms with E-state index in [0.29, 0.717) is 12.2 Å². The minimum atomic E-state index is -0.237. The molecule has 1 fully saturated rings. The molecular weight excluding hydrogens is 360 g/mol. The Balaban J connectivity index is 1.65. The first-order chi connectivity index (χ1) is 14.2. The van der Waals surface area contributed by atoms with Crippen molar-refractivity contribution in [3.05, 3.63) is 29.8 Å². The molecule has 3 nitrogen and oxygen atoms in total. The first-order valence-corrected chi connectivity index (χ1v) is 12.1. The smallest absolute Gasteiger partial charge is 0.338 e. The van der Waals surface area contributed by atoms with Crippen molar-refractivity contribution in [3.8, 4) is 5.75 Å². The Labute approximate surface area is 178 Å². The van der Waals surface area contributed by atoms with Crippen LogP contribution in [0.15, 0.2) is 24.3 Å². The highest BCUT2D eigenvalue weighted by Gasteiger charge is 2.24. The van der Waals surface area contributed by atoms with E-state index in [4.69, 9.17) is 9.47 Å². The number of ether oxygens (including phenoxy) is 2. The third kappa shape index (κ3) is 9.23. The summed E-state index contributed by atoms with van der Waals surface area (Å²) < 4.78 is 11.2. The van der Waals surface area contributed by atoms with Crippen molar-refractivity contribution in [1.82, 2.24) is 0 Å². The zero-order valence-corrected chi connectivity index (χ0v) is 18.8. The van der Waals surface area contributed by atoms with Gasteiger partial charge in [0, 0.05) is 0 Å². The van der Waals surface area contributed by atoms with Crippen LogP contribution in [-0.2, 0) is 4.74 Å². The van der Waals surface area contributed by atoms with Gasteiger partial charge in [0.2, 0.25) is 0 Å². The Morgan fingerprint density at radius 3 is 2.10 bits per heavy atom. The highest BCUT2D eigenvalue weighted by Crippen LogP contribution is 2.36. The zero-order valence-electron chi connectivity index (χ0n) is 18.8. The Morgan fingerprint density at radius 2 is 1.45 bits per heavy atom. The van der Waals surface area contributed by atoms with Crippen molar-refractivity contribution in [2.24, 2.45) is 11.8 Å². The zero-order chi connectivity index (χ0) is 20.7. The van der Waals surface area contributed by atoms with Crippen molar-refractivity contribution in [2.45, 2.75) is 97.3 Å². The minimum absolute atomic E-state index is 0.237. The van der Waals surface area contributed by atoms with Crippen molar-refractivity contribution >= 4 is 5.97 Å². The van der Waals surface area contributed by atoms with E-state index >= 15 is 0 Å². The number of carbonyl (C=O) groups is 1. The van der Waals surface area contributed by atoms with E-state index in [1.165, 1.54) is 57.8 Å². The van der Waals surface area contributed by atoms with Crippen molar-refractivity contribution in [2.75, 3.05) is 13.2 Å². The third-order valence-electron chi connectivity index (χ3n) is 6.30. The molecule has 0 aromatic heterocycles. The summed E-state index contributed by atoms with van der Waals surface area (Å²) in [5, 5.41) is 0. The summed E-state index contributed by atoms with van der Waals surface area (Å²) in [7, 11) is 0. The Morgan fingerprint density at radius 1 is 0.828 bits per heavy atom. The molecule has 29 heavy (non-hydrogen) atoms. The molecule has 164 valence electrons. The number of esters is 1. The topological polar surface area (TPSA) is 35.5 Å². The summed E-state index contributed by atoms with van der Waals surface area (Å²) in [5.74, 6) is 2.45.